The molecule has 1 aliphatic rings. The predicted octanol–water partition coefficient (Wildman–Crippen LogP) is 3.65. The lowest BCUT2D eigenvalue weighted by Gasteiger charge is -2.45. The summed E-state index contributed by atoms with van der Waals surface area (Å²) in [5, 5.41) is 4.98. The van der Waals surface area contributed by atoms with E-state index in [-0.39, 0.29) is 5.54 Å². The first-order chi connectivity index (χ1) is 10.1. The molecule has 0 spiro atoms. The second-order valence-corrected chi connectivity index (χ2v) is 7.45. The summed E-state index contributed by atoms with van der Waals surface area (Å²) in [6.07, 6.45) is 2.36. The molecular formula is C17H25N3S. The predicted molar refractivity (Wildman–Crippen MR) is 90.8 cm³/mol. The van der Waals surface area contributed by atoms with Crippen molar-refractivity contribution in [1.29, 1.82) is 0 Å². The molecule has 2 aromatic rings. The molecule has 2 heterocycles. The van der Waals surface area contributed by atoms with Crippen LogP contribution < -0.4 is 5.32 Å². The molecule has 1 aromatic carbocycles. The smallest absolute Gasteiger partial charge is 0.108 e. The number of para-hydroxylation sites is 1. The third kappa shape index (κ3) is 3.12. The molecular weight excluding hydrogens is 278 g/mol. The maximum atomic E-state index is 4.81. The van der Waals surface area contributed by atoms with Gasteiger partial charge in [0.05, 0.1) is 16.8 Å². The van der Waals surface area contributed by atoms with Gasteiger partial charge in [0.2, 0.25) is 0 Å². The number of nitrogens with zero attached hydrogens (tertiary/aromatic N) is 2. The van der Waals surface area contributed by atoms with Crippen molar-refractivity contribution in [2.45, 2.75) is 51.7 Å². The van der Waals surface area contributed by atoms with Crippen molar-refractivity contribution in [3.63, 3.8) is 0 Å². The Balaban J connectivity index is 1.80. The fourth-order valence-electron chi connectivity index (χ4n) is 3.11. The van der Waals surface area contributed by atoms with Crippen LogP contribution in [0, 0.1) is 0 Å². The Morgan fingerprint density at radius 3 is 2.90 bits per heavy atom. The van der Waals surface area contributed by atoms with Crippen molar-refractivity contribution in [3.8, 4) is 0 Å². The van der Waals surface area contributed by atoms with E-state index in [1.165, 1.54) is 22.5 Å². The van der Waals surface area contributed by atoms with E-state index in [1.807, 2.05) is 11.3 Å². The number of rotatable bonds is 4. The van der Waals surface area contributed by atoms with Crippen molar-refractivity contribution in [3.05, 3.63) is 29.3 Å². The number of thiazole rings is 1. The van der Waals surface area contributed by atoms with Crippen LogP contribution in [-0.2, 0) is 6.54 Å². The van der Waals surface area contributed by atoms with Gasteiger partial charge in [0, 0.05) is 24.7 Å². The first-order valence-electron chi connectivity index (χ1n) is 7.97. The largest absolute Gasteiger partial charge is 0.309 e. The summed E-state index contributed by atoms with van der Waals surface area (Å²) in [6, 6.07) is 9.07. The number of aromatic nitrogens is 1. The Bertz CT molecular complexity index is 576. The van der Waals surface area contributed by atoms with Gasteiger partial charge in [-0.3, -0.25) is 4.90 Å². The summed E-state index contributed by atoms with van der Waals surface area (Å²) in [4.78, 5) is 7.43. The molecule has 0 bridgehead atoms. The van der Waals surface area contributed by atoms with Gasteiger partial charge in [-0.2, -0.15) is 0 Å². The number of hydrogen-bond acceptors (Lipinski definition) is 4. The summed E-state index contributed by atoms with van der Waals surface area (Å²) in [5.41, 5.74) is 1.38. The van der Waals surface area contributed by atoms with Crippen LogP contribution in [0.3, 0.4) is 0 Å². The van der Waals surface area contributed by atoms with E-state index in [4.69, 9.17) is 4.98 Å². The Hall–Kier alpha value is -0.970. The Kier molecular flexibility index (Phi) is 4.29. The summed E-state index contributed by atoms with van der Waals surface area (Å²) in [5.74, 6) is 0. The Morgan fingerprint density at radius 1 is 1.38 bits per heavy atom. The molecule has 1 N–H and O–H groups in total. The van der Waals surface area contributed by atoms with Gasteiger partial charge in [0.15, 0.2) is 0 Å². The van der Waals surface area contributed by atoms with Crippen LogP contribution >= 0.6 is 11.3 Å². The van der Waals surface area contributed by atoms with E-state index in [2.05, 4.69) is 55.3 Å². The molecule has 114 valence electrons. The molecule has 4 heteroatoms. The molecule has 1 aromatic heterocycles. The number of fused-ring (bicyclic) bond motifs is 1. The van der Waals surface area contributed by atoms with Crippen LogP contribution in [0.25, 0.3) is 10.2 Å². The average molecular weight is 303 g/mol. The summed E-state index contributed by atoms with van der Waals surface area (Å²) in [6.45, 7) is 10.1. The minimum absolute atomic E-state index is 0.238. The zero-order valence-corrected chi connectivity index (χ0v) is 14.0. The molecule has 1 saturated heterocycles. The van der Waals surface area contributed by atoms with Gasteiger partial charge in [-0.15, -0.1) is 11.3 Å². The van der Waals surface area contributed by atoms with Crippen molar-refractivity contribution >= 4 is 21.6 Å². The third-order valence-electron chi connectivity index (χ3n) is 4.76. The lowest BCUT2D eigenvalue weighted by atomic mass is 9.93. The first kappa shape index (κ1) is 14.9. The highest BCUT2D eigenvalue weighted by Gasteiger charge is 2.33. The Labute approximate surface area is 131 Å². The zero-order chi connectivity index (χ0) is 14.9. The lowest BCUT2D eigenvalue weighted by molar-refractivity contribution is 0.0755. The van der Waals surface area contributed by atoms with Gasteiger partial charge in [0.25, 0.3) is 0 Å². The van der Waals surface area contributed by atoms with Crippen LogP contribution in [0.1, 0.15) is 38.6 Å². The number of hydrogen-bond donors (Lipinski definition) is 1. The van der Waals surface area contributed by atoms with Gasteiger partial charge in [-0.25, -0.2) is 4.98 Å². The van der Waals surface area contributed by atoms with Crippen molar-refractivity contribution in [2.24, 2.45) is 0 Å². The standard InChI is InChI=1S/C17H25N3S/c1-4-13-10-18-17(3,5-2)12-20(13)11-16-19-14-8-6-7-9-15(14)21-16/h6-9,13,18H,4-5,10-12H2,1-3H3. The molecule has 2 unspecified atom stereocenters. The second-order valence-electron chi connectivity index (χ2n) is 6.34. The van der Waals surface area contributed by atoms with Gasteiger partial charge < -0.3 is 5.32 Å². The van der Waals surface area contributed by atoms with E-state index in [1.54, 1.807) is 0 Å². The Morgan fingerprint density at radius 2 is 2.19 bits per heavy atom. The van der Waals surface area contributed by atoms with Crippen LogP contribution in [0.4, 0.5) is 0 Å². The fraction of sp³-hybridized carbons (Fsp3) is 0.588. The van der Waals surface area contributed by atoms with Crippen molar-refractivity contribution < 1.29 is 0 Å². The van der Waals surface area contributed by atoms with Crippen LogP contribution in [0.2, 0.25) is 0 Å². The molecule has 1 fully saturated rings. The molecule has 0 aliphatic carbocycles. The summed E-state index contributed by atoms with van der Waals surface area (Å²) < 4.78 is 1.30. The van der Waals surface area contributed by atoms with E-state index >= 15 is 0 Å². The molecule has 3 rings (SSSR count). The van der Waals surface area contributed by atoms with Crippen molar-refractivity contribution in [2.75, 3.05) is 13.1 Å². The fourth-order valence-corrected chi connectivity index (χ4v) is 4.11. The quantitative estimate of drug-likeness (QED) is 0.934. The number of piperazine rings is 1. The highest BCUT2D eigenvalue weighted by Crippen LogP contribution is 2.26. The van der Waals surface area contributed by atoms with E-state index in [0.717, 1.165) is 25.2 Å². The van der Waals surface area contributed by atoms with Gasteiger partial charge in [-0.1, -0.05) is 26.0 Å². The molecule has 0 amide bonds. The molecule has 2 atom stereocenters. The molecule has 0 radical (unpaired) electrons. The second kappa shape index (κ2) is 6.03. The summed E-state index contributed by atoms with van der Waals surface area (Å²) >= 11 is 1.84. The number of benzene rings is 1. The van der Waals surface area contributed by atoms with E-state index in [9.17, 15) is 0 Å². The maximum absolute atomic E-state index is 4.81. The highest BCUT2D eigenvalue weighted by molar-refractivity contribution is 7.18. The maximum Gasteiger partial charge on any atom is 0.108 e. The van der Waals surface area contributed by atoms with E-state index in [0.29, 0.717) is 6.04 Å². The zero-order valence-electron chi connectivity index (χ0n) is 13.2. The van der Waals surface area contributed by atoms with Crippen LogP contribution in [0.5, 0.6) is 0 Å². The SMILES string of the molecule is CCC1CNC(C)(CC)CN1Cc1nc2ccccc2s1. The molecule has 21 heavy (non-hydrogen) atoms. The number of nitrogens with one attached hydrogen (secondary N) is 1. The van der Waals surface area contributed by atoms with Gasteiger partial charge >= 0.3 is 0 Å². The minimum atomic E-state index is 0.238. The monoisotopic (exact) mass is 303 g/mol. The van der Waals surface area contributed by atoms with Crippen LogP contribution in [-0.4, -0.2) is 34.6 Å². The van der Waals surface area contributed by atoms with Crippen LogP contribution in [0.15, 0.2) is 24.3 Å². The minimum Gasteiger partial charge on any atom is -0.309 e. The highest BCUT2D eigenvalue weighted by atomic mass is 32.1. The third-order valence-corrected chi connectivity index (χ3v) is 5.78. The normalized spacial score (nSPS) is 27.3. The van der Waals surface area contributed by atoms with Gasteiger partial charge in [-0.05, 0) is 31.9 Å². The molecule has 1 aliphatic heterocycles. The topological polar surface area (TPSA) is 28.2 Å². The first-order valence-corrected chi connectivity index (χ1v) is 8.78. The van der Waals surface area contributed by atoms with Crippen molar-refractivity contribution in [1.82, 2.24) is 15.2 Å². The average Bonchev–Trinajstić information content (AvgIpc) is 2.90. The summed E-state index contributed by atoms with van der Waals surface area (Å²) in [7, 11) is 0. The van der Waals surface area contributed by atoms with E-state index < -0.39 is 0 Å². The molecule has 0 saturated carbocycles. The molecule has 3 nitrogen and oxygen atoms in total. The lowest BCUT2D eigenvalue weighted by Crippen LogP contribution is -2.62. The van der Waals surface area contributed by atoms with Gasteiger partial charge in [0.1, 0.15) is 5.01 Å².